The van der Waals surface area contributed by atoms with E-state index in [2.05, 4.69) is 24.2 Å². The fraction of sp³-hybridized carbons (Fsp3) is 1.00. The van der Waals surface area contributed by atoms with Gasteiger partial charge < -0.3 is 10.2 Å². The van der Waals surface area contributed by atoms with Crippen molar-refractivity contribution in [3.63, 3.8) is 0 Å². The van der Waals surface area contributed by atoms with Crippen LogP contribution in [-0.4, -0.2) is 37.1 Å². The first kappa shape index (κ1) is 11.4. The van der Waals surface area contributed by atoms with Crippen molar-refractivity contribution >= 4 is 0 Å². The van der Waals surface area contributed by atoms with Crippen molar-refractivity contribution in [3.8, 4) is 0 Å². The molecule has 15 heavy (non-hydrogen) atoms. The van der Waals surface area contributed by atoms with Gasteiger partial charge in [0, 0.05) is 12.1 Å². The maximum atomic E-state index is 3.88. The first-order chi connectivity index (χ1) is 7.24. The first-order valence-electron chi connectivity index (χ1n) is 6.68. The molecule has 0 aromatic heterocycles. The predicted molar refractivity (Wildman–Crippen MR) is 65.1 cm³/mol. The molecule has 0 aromatic rings. The van der Waals surface area contributed by atoms with Crippen LogP contribution in [-0.2, 0) is 0 Å². The fourth-order valence-electron chi connectivity index (χ4n) is 3.09. The Morgan fingerprint density at radius 1 is 1.00 bits per heavy atom. The van der Waals surface area contributed by atoms with E-state index in [0.29, 0.717) is 0 Å². The molecule has 1 heterocycles. The third-order valence-corrected chi connectivity index (χ3v) is 4.13. The van der Waals surface area contributed by atoms with Crippen molar-refractivity contribution in [1.29, 1.82) is 0 Å². The van der Waals surface area contributed by atoms with Crippen LogP contribution in [0.15, 0.2) is 0 Å². The molecule has 1 aliphatic heterocycles. The highest BCUT2D eigenvalue weighted by Crippen LogP contribution is 2.24. The number of hydrogen-bond acceptors (Lipinski definition) is 2. The van der Waals surface area contributed by atoms with Gasteiger partial charge in [-0.05, 0) is 51.7 Å². The van der Waals surface area contributed by atoms with Gasteiger partial charge in [0.2, 0.25) is 0 Å². The Bertz CT molecular complexity index is 185. The highest BCUT2D eigenvalue weighted by Gasteiger charge is 2.23. The smallest absolute Gasteiger partial charge is 0.00939 e. The number of rotatable bonds is 2. The fourth-order valence-corrected chi connectivity index (χ4v) is 3.09. The van der Waals surface area contributed by atoms with Crippen molar-refractivity contribution in [2.75, 3.05) is 20.1 Å². The largest absolute Gasteiger partial charge is 0.311 e. The number of piperidine rings is 1. The summed E-state index contributed by atoms with van der Waals surface area (Å²) in [5.74, 6) is 0.947. The van der Waals surface area contributed by atoms with Crippen LogP contribution in [0.25, 0.3) is 0 Å². The molecule has 0 spiro atoms. The van der Waals surface area contributed by atoms with E-state index in [1.807, 2.05) is 0 Å². The molecular weight excluding hydrogens is 184 g/mol. The molecule has 2 atom stereocenters. The van der Waals surface area contributed by atoms with Crippen LogP contribution in [0, 0.1) is 5.92 Å². The SMILES string of the molecule is C[C@@H]1CCC[C@H](NC2CCN(C)CC2)C1. The average molecular weight is 210 g/mol. The van der Waals surface area contributed by atoms with Crippen LogP contribution < -0.4 is 5.32 Å². The van der Waals surface area contributed by atoms with E-state index < -0.39 is 0 Å². The van der Waals surface area contributed by atoms with E-state index in [4.69, 9.17) is 0 Å². The van der Waals surface area contributed by atoms with E-state index in [1.54, 1.807) is 0 Å². The Labute approximate surface area is 94.4 Å². The van der Waals surface area contributed by atoms with Crippen molar-refractivity contribution in [3.05, 3.63) is 0 Å². The van der Waals surface area contributed by atoms with Crippen molar-refractivity contribution in [2.24, 2.45) is 5.92 Å². The molecule has 2 rings (SSSR count). The Morgan fingerprint density at radius 2 is 1.73 bits per heavy atom. The summed E-state index contributed by atoms with van der Waals surface area (Å²) in [6.45, 7) is 4.96. The quantitative estimate of drug-likeness (QED) is 0.752. The van der Waals surface area contributed by atoms with Gasteiger partial charge in [-0.3, -0.25) is 0 Å². The van der Waals surface area contributed by atoms with Gasteiger partial charge in [-0.2, -0.15) is 0 Å². The van der Waals surface area contributed by atoms with Gasteiger partial charge in [-0.25, -0.2) is 0 Å². The van der Waals surface area contributed by atoms with Gasteiger partial charge in [0.15, 0.2) is 0 Å². The molecule has 1 saturated heterocycles. The minimum Gasteiger partial charge on any atom is -0.311 e. The van der Waals surface area contributed by atoms with Crippen LogP contribution in [0.3, 0.4) is 0 Å². The van der Waals surface area contributed by atoms with Crippen LogP contribution in [0.2, 0.25) is 0 Å². The van der Waals surface area contributed by atoms with Gasteiger partial charge in [0.05, 0.1) is 0 Å². The number of nitrogens with one attached hydrogen (secondary N) is 1. The molecule has 0 bridgehead atoms. The monoisotopic (exact) mass is 210 g/mol. The summed E-state index contributed by atoms with van der Waals surface area (Å²) in [5, 5.41) is 3.88. The molecule has 2 nitrogen and oxygen atoms in total. The van der Waals surface area contributed by atoms with Gasteiger partial charge in [-0.1, -0.05) is 19.8 Å². The van der Waals surface area contributed by atoms with Gasteiger partial charge in [0.25, 0.3) is 0 Å². The Morgan fingerprint density at radius 3 is 2.40 bits per heavy atom. The second-order valence-corrected chi connectivity index (χ2v) is 5.71. The molecule has 0 aromatic carbocycles. The zero-order valence-corrected chi connectivity index (χ0v) is 10.3. The number of likely N-dealkylation sites (tertiary alicyclic amines) is 1. The predicted octanol–water partition coefficient (Wildman–Crippen LogP) is 2.25. The lowest BCUT2D eigenvalue weighted by molar-refractivity contribution is 0.203. The van der Waals surface area contributed by atoms with E-state index in [0.717, 1.165) is 18.0 Å². The molecule has 0 unspecified atom stereocenters. The topological polar surface area (TPSA) is 15.3 Å². The zero-order chi connectivity index (χ0) is 10.7. The molecule has 2 heteroatoms. The summed E-state index contributed by atoms with van der Waals surface area (Å²) >= 11 is 0. The molecule has 1 aliphatic carbocycles. The molecular formula is C13H26N2. The molecule has 2 aliphatic rings. The summed E-state index contributed by atoms with van der Waals surface area (Å²) in [5.41, 5.74) is 0. The highest BCUT2D eigenvalue weighted by atomic mass is 15.1. The van der Waals surface area contributed by atoms with Gasteiger partial charge in [-0.15, -0.1) is 0 Å². The summed E-state index contributed by atoms with van der Waals surface area (Å²) < 4.78 is 0. The summed E-state index contributed by atoms with van der Waals surface area (Å²) in [6, 6.07) is 1.62. The van der Waals surface area contributed by atoms with Crippen molar-refractivity contribution in [2.45, 2.75) is 57.5 Å². The van der Waals surface area contributed by atoms with Gasteiger partial charge >= 0.3 is 0 Å². The average Bonchev–Trinajstić information content (AvgIpc) is 2.22. The maximum Gasteiger partial charge on any atom is 0.00939 e. The maximum absolute atomic E-state index is 3.88. The van der Waals surface area contributed by atoms with Crippen LogP contribution in [0.1, 0.15) is 45.4 Å². The summed E-state index contributed by atoms with van der Waals surface area (Å²) in [6.07, 6.45) is 8.41. The summed E-state index contributed by atoms with van der Waals surface area (Å²) in [7, 11) is 2.24. The second-order valence-electron chi connectivity index (χ2n) is 5.71. The Kier molecular flexibility index (Phi) is 4.04. The van der Waals surface area contributed by atoms with E-state index in [1.165, 1.54) is 51.6 Å². The number of nitrogens with zero attached hydrogens (tertiary/aromatic N) is 1. The van der Waals surface area contributed by atoms with E-state index >= 15 is 0 Å². The van der Waals surface area contributed by atoms with Crippen molar-refractivity contribution < 1.29 is 0 Å². The first-order valence-corrected chi connectivity index (χ1v) is 6.68. The Hall–Kier alpha value is -0.0800. The second kappa shape index (κ2) is 5.31. The highest BCUT2D eigenvalue weighted by molar-refractivity contribution is 4.82. The lowest BCUT2D eigenvalue weighted by atomic mass is 9.86. The third-order valence-electron chi connectivity index (χ3n) is 4.13. The number of hydrogen-bond donors (Lipinski definition) is 1. The third kappa shape index (κ3) is 3.46. The molecule has 0 amide bonds. The van der Waals surface area contributed by atoms with Crippen molar-refractivity contribution in [1.82, 2.24) is 10.2 Å². The van der Waals surface area contributed by atoms with E-state index in [-0.39, 0.29) is 0 Å². The zero-order valence-electron chi connectivity index (χ0n) is 10.3. The lowest BCUT2D eigenvalue weighted by Gasteiger charge is -2.35. The Balaban J connectivity index is 1.71. The molecule has 2 fully saturated rings. The van der Waals surface area contributed by atoms with Crippen LogP contribution in [0.5, 0.6) is 0 Å². The van der Waals surface area contributed by atoms with Crippen LogP contribution in [0.4, 0.5) is 0 Å². The minimum atomic E-state index is 0.802. The molecule has 0 radical (unpaired) electrons. The standard InChI is InChI=1S/C13H26N2/c1-11-4-3-5-13(10-11)14-12-6-8-15(2)9-7-12/h11-14H,3-10H2,1-2H3/t11-,13+/m1/s1. The minimum absolute atomic E-state index is 0.802. The van der Waals surface area contributed by atoms with Gasteiger partial charge in [0.1, 0.15) is 0 Å². The lowest BCUT2D eigenvalue weighted by Crippen LogP contribution is -2.46. The normalized spacial score (nSPS) is 35.6. The summed E-state index contributed by atoms with van der Waals surface area (Å²) in [4.78, 5) is 2.45. The molecule has 1 saturated carbocycles. The van der Waals surface area contributed by atoms with E-state index in [9.17, 15) is 0 Å². The molecule has 88 valence electrons. The van der Waals surface area contributed by atoms with Crippen LogP contribution >= 0.6 is 0 Å². The molecule has 1 N–H and O–H groups in total.